The predicted octanol–water partition coefficient (Wildman–Crippen LogP) is 2.52. The van der Waals surface area contributed by atoms with Crippen molar-refractivity contribution >= 4 is 11.7 Å². The number of anilines is 1. The molecule has 1 aliphatic heterocycles. The third-order valence-corrected chi connectivity index (χ3v) is 4.57. The van der Waals surface area contributed by atoms with Crippen molar-refractivity contribution in [2.24, 2.45) is 0 Å². The quantitative estimate of drug-likeness (QED) is 0.887. The lowest BCUT2D eigenvalue weighted by Crippen LogP contribution is -2.42. The van der Waals surface area contributed by atoms with Crippen molar-refractivity contribution in [1.29, 1.82) is 0 Å². The van der Waals surface area contributed by atoms with E-state index < -0.39 is 0 Å². The van der Waals surface area contributed by atoms with Gasteiger partial charge in [-0.3, -0.25) is 4.79 Å². The minimum Gasteiger partial charge on any atom is -0.493 e. The van der Waals surface area contributed by atoms with Crippen LogP contribution >= 0.6 is 0 Å². The molecule has 1 aromatic heterocycles. The highest BCUT2D eigenvalue weighted by molar-refractivity contribution is 5.95. The summed E-state index contributed by atoms with van der Waals surface area (Å²) in [6, 6.07) is 7.50. The van der Waals surface area contributed by atoms with Crippen molar-refractivity contribution in [3.63, 3.8) is 0 Å². The second kappa shape index (κ2) is 8.03. The number of rotatable bonds is 5. The summed E-state index contributed by atoms with van der Waals surface area (Å²) in [5, 5.41) is 3.43. The number of nitrogens with zero attached hydrogens (tertiary/aromatic N) is 3. The maximum absolute atomic E-state index is 12.8. The van der Waals surface area contributed by atoms with Gasteiger partial charge in [0.25, 0.3) is 5.91 Å². The van der Waals surface area contributed by atoms with Crippen LogP contribution in [0.4, 0.5) is 5.82 Å². The van der Waals surface area contributed by atoms with Gasteiger partial charge in [0.15, 0.2) is 11.5 Å². The molecule has 1 aliphatic rings. The molecular weight excluding hydrogens is 332 g/mol. The fourth-order valence-corrected chi connectivity index (χ4v) is 3.12. The SMILES string of the molecule is COc1ccc(C(=O)N2CCC(Nc3cc(C)ncn3)CC2)cc1OC. The van der Waals surface area contributed by atoms with Gasteiger partial charge in [-0.2, -0.15) is 0 Å². The fourth-order valence-electron chi connectivity index (χ4n) is 3.12. The highest BCUT2D eigenvalue weighted by atomic mass is 16.5. The van der Waals surface area contributed by atoms with Gasteiger partial charge in [0.05, 0.1) is 14.2 Å². The minimum atomic E-state index is 0.0160. The second-order valence-corrected chi connectivity index (χ2v) is 6.33. The number of carbonyl (C=O) groups excluding carboxylic acids is 1. The monoisotopic (exact) mass is 356 g/mol. The molecule has 7 heteroatoms. The van der Waals surface area contributed by atoms with Gasteiger partial charge in [-0.05, 0) is 38.0 Å². The molecule has 1 aromatic carbocycles. The molecule has 0 saturated carbocycles. The Bertz CT molecular complexity index is 773. The van der Waals surface area contributed by atoms with E-state index in [0.717, 1.165) is 24.4 Å². The number of hydrogen-bond donors (Lipinski definition) is 1. The van der Waals surface area contributed by atoms with Crippen LogP contribution in [-0.2, 0) is 0 Å². The van der Waals surface area contributed by atoms with E-state index in [9.17, 15) is 4.79 Å². The maximum Gasteiger partial charge on any atom is 0.253 e. The smallest absolute Gasteiger partial charge is 0.253 e. The van der Waals surface area contributed by atoms with E-state index in [4.69, 9.17) is 9.47 Å². The van der Waals surface area contributed by atoms with E-state index in [2.05, 4.69) is 15.3 Å². The second-order valence-electron chi connectivity index (χ2n) is 6.33. The van der Waals surface area contributed by atoms with Crippen LogP contribution in [0.15, 0.2) is 30.6 Å². The van der Waals surface area contributed by atoms with Gasteiger partial charge < -0.3 is 19.7 Å². The number of nitrogens with one attached hydrogen (secondary N) is 1. The van der Waals surface area contributed by atoms with Gasteiger partial charge in [-0.15, -0.1) is 0 Å². The number of carbonyl (C=O) groups is 1. The highest BCUT2D eigenvalue weighted by Gasteiger charge is 2.24. The molecule has 1 N–H and O–H groups in total. The van der Waals surface area contributed by atoms with E-state index in [0.29, 0.717) is 36.2 Å². The fraction of sp³-hybridized carbons (Fsp3) is 0.421. The number of methoxy groups -OCH3 is 2. The Labute approximate surface area is 153 Å². The summed E-state index contributed by atoms with van der Waals surface area (Å²) >= 11 is 0. The molecule has 0 spiro atoms. The van der Waals surface area contributed by atoms with Crippen LogP contribution in [0, 0.1) is 6.92 Å². The standard InChI is InChI=1S/C19H24N4O3/c1-13-10-18(21-12-20-13)22-15-6-8-23(9-7-15)19(24)14-4-5-16(25-2)17(11-14)26-3/h4-5,10-12,15H,6-9H2,1-3H3,(H,20,21,22). The number of aromatic nitrogens is 2. The van der Waals surface area contributed by atoms with E-state index in [1.54, 1.807) is 38.7 Å². The number of benzene rings is 1. The zero-order valence-electron chi connectivity index (χ0n) is 15.4. The number of ether oxygens (including phenoxy) is 2. The third kappa shape index (κ3) is 4.04. The first-order chi connectivity index (χ1) is 12.6. The predicted molar refractivity (Wildman–Crippen MR) is 98.9 cm³/mol. The van der Waals surface area contributed by atoms with Crippen molar-refractivity contribution in [3.05, 3.63) is 41.9 Å². The third-order valence-electron chi connectivity index (χ3n) is 4.57. The Kier molecular flexibility index (Phi) is 5.55. The van der Waals surface area contributed by atoms with Crippen LogP contribution in [0.2, 0.25) is 0 Å². The molecule has 0 unspecified atom stereocenters. The van der Waals surface area contributed by atoms with Crippen LogP contribution < -0.4 is 14.8 Å². The summed E-state index contributed by atoms with van der Waals surface area (Å²) < 4.78 is 10.5. The Hall–Kier alpha value is -2.83. The van der Waals surface area contributed by atoms with Gasteiger partial charge in [-0.25, -0.2) is 9.97 Å². The van der Waals surface area contributed by atoms with Gasteiger partial charge >= 0.3 is 0 Å². The minimum absolute atomic E-state index is 0.0160. The lowest BCUT2D eigenvalue weighted by atomic mass is 10.0. The average Bonchev–Trinajstić information content (AvgIpc) is 2.67. The molecule has 1 amide bonds. The Morgan fingerprint density at radius 1 is 1.12 bits per heavy atom. The summed E-state index contributed by atoms with van der Waals surface area (Å²) in [4.78, 5) is 23.0. The van der Waals surface area contributed by atoms with E-state index in [1.807, 2.05) is 17.9 Å². The molecule has 0 atom stereocenters. The molecule has 2 aromatic rings. The number of amides is 1. The van der Waals surface area contributed by atoms with E-state index in [1.165, 1.54) is 0 Å². The summed E-state index contributed by atoms with van der Waals surface area (Å²) in [7, 11) is 3.15. The maximum atomic E-state index is 12.8. The normalized spacial score (nSPS) is 14.8. The average molecular weight is 356 g/mol. The van der Waals surface area contributed by atoms with Crippen LogP contribution in [0.1, 0.15) is 28.9 Å². The first-order valence-corrected chi connectivity index (χ1v) is 8.67. The van der Waals surface area contributed by atoms with Gasteiger partial charge in [0.2, 0.25) is 0 Å². The molecule has 26 heavy (non-hydrogen) atoms. The topological polar surface area (TPSA) is 76.6 Å². The van der Waals surface area contributed by atoms with Crippen LogP contribution in [-0.4, -0.2) is 54.1 Å². The van der Waals surface area contributed by atoms with E-state index >= 15 is 0 Å². The lowest BCUT2D eigenvalue weighted by molar-refractivity contribution is 0.0718. The summed E-state index contributed by atoms with van der Waals surface area (Å²) in [6.07, 6.45) is 3.32. The number of likely N-dealkylation sites (tertiary alicyclic amines) is 1. The number of piperidine rings is 1. The molecule has 7 nitrogen and oxygen atoms in total. The molecule has 0 radical (unpaired) electrons. The van der Waals surface area contributed by atoms with Crippen LogP contribution in [0.3, 0.4) is 0 Å². The van der Waals surface area contributed by atoms with Crippen molar-refractivity contribution < 1.29 is 14.3 Å². The summed E-state index contributed by atoms with van der Waals surface area (Å²) in [5.41, 5.74) is 1.55. The first-order valence-electron chi connectivity index (χ1n) is 8.67. The Balaban J connectivity index is 1.60. The van der Waals surface area contributed by atoms with E-state index in [-0.39, 0.29) is 5.91 Å². The molecule has 3 rings (SSSR count). The first kappa shape index (κ1) is 18.0. The molecule has 0 bridgehead atoms. The Morgan fingerprint density at radius 3 is 2.50 bits per heavy atom. The molecule has 1 fully saturated rings. The lowest BCUT2D eigenvalue weighted by Gasteiger charge is -2.32. The number of hydrogen-bond acceptors (Lipinski definition) is 6. The molecule has 2 heterocycles. The molecule has 0 aliphatic carbocycles. The van der Waals surface area contributed by atoms with Crippen molar-refractivity contribution in [2.75, 3.05) is 32.6 Å². The van der Waals surface area contributed by atoms with Crippen LogP contribution in [0.5, 0.6) is 11.5 Å². The zero-order valence-corrected chi connectivity index (χ0v) is 15.4. The summed E-state index contributed by atoms with van der Waals surface area (Å²) in [5.74, 6) is 2.03. The summed E-state index contributed by atoms with van der Waals surface area (Å²) in [6.45, 7) is 3.35. The zero-order chi connectivity index (χ0) is 18.5. The van der Waals surface area contributed by atoms with Crippen molar-refractivity contribution in [3.8, 4) is 11.5 Å². The van der Waals surface area contributed by atoms with Crippen LogP contribution in [0.25, 0.3) is 0 Å². The number of aryl methyl sites for hydroxylation is 1. The van der Waals surface area contributed by atoms with Gasteiger partial charge in [0.1, 0.15) is 12.1 Å². The molecule has 138 valence electrons. The molecular formula is C19H24N4O3. The Morgan fingerprint density at radius 2 is 1.85 bits per heavy atom. The molecule has 1 saturated heterocycles. The van der Waals surface area contributed by atoms with Crippen molar-refractivity contribution in [1.82, 2.24) is 14.9 Å². The van der Waals surface area contributed by atoms with Crippen molar-refractivity contribution in [2.45, 2.75) is 25.8 Å². The van der Waals surface area contributed by atoms with Gasteiger partial charge in [0, 0.05) is 36.5 Å². The van der Waals surface area contributed by atoms with Gasteiger partial charge in [-0.1, -0.05) is 0 Å². The highest BCUT2D eigenvalue weighted by Crippen LogP contribution is 2.28. The largest absolute Gasteiger partial charge is 0.493 e.